The second kappa shape index (κ2) is 19.8. The topological polar surface area (TPSA) is 228 Å². The average molecular weight is 625 g/mol. The number of nitrogens with one attached hydrogen (secondary N) is 1. The van der Waals surface area contributed by atoms with Gasteiger partial charge in [0.1, 0.15) is 42.7 Å². The summed E-state index contributed by atoms with van der Waals surface area (Å²) in [5, 5.41) is 72.0. The van der Waals surface area contributed by atoms with Gasteiger partial charge in [0.05, 0.1) is 25.9 Å². The highest BCUT2D eigenvalue weighted by atomic mass is 16.7. The average Bonchev–Trinajstić information content (AvgIpc) is 3.00. The van der Waals surface area contributed by atoms with E-state index in [0.717, 1.165) is 32.1 Å². The van der Waals surface area contributed by atoms with Gasteiger partial charge in [0, 0.05) is 33.0 Å². The van der Waals surface area contributed by atoms with E-state index in [2.05, 4.69) is 5.32 Å². The van der Waals surface area contributed by atoms with Gasteiger partial charge in [-0.3, -0.25) is 9.59 Å². The normalized spacial score (nSPS) is 32.9. The molecule has 43 heavy (non-hydrogen) atoms. The minimum Gasteiger partial charge on any atom is -0.394 e. The van der Waals surface area contributed by atoms with E-state index in [9.17, 15) is 45.3 Å². The van der Waals surface area contributed by atoms with Crippen LogP contribution in [0.4, 0.5) is 0 Å². The van der Waals surface area contributed by atoms with E-state index in [0.29, 0.717) is 25.7 Å². The predicted molar refractivity (Wildman–Crippen MR) is 150 cm³/mol. The van der Waals surface area contributed by atoms with Crippen LogP contribution in [0.2, 0.25) is 0 Å². The molecule has 8 N–H and O–H groups in total. The van der Waals surface area contributed by atoms with Gasteiger partial charge in [-0.15, -0.1) is 0 Å². The summed E-state index contributed by atoms with van der Waals surface area (Å²) >= 11 is 0. The maximum atomic E-state index is 13.1. The monoisotopic (exact) mass is 624 g/mol. The Kier molecular flexibility index (Phi) is 17.3. The maximum Gasteiger partial charge on any atom is 0.222 e. The summed E-state index contributed by atoms with van der Waals surface area (Å²) in [5.41, 5.74) is 0. The number of amides is 2. The highest BCUT2D eigenvalue weighted by Crippen LogP contribution is 2.23. The molecule has 0 radical (unpaired) electrons. The fourth-order valence-corrected chi connectivity index (χ4v) is 5.00. The van der Waals surface area contributed by atoms with E-state index in [4.69, 9.17) is 18.9 Å². The quantitative estimate of drug-likeness (QED) is 0.0710. The SMILES string of the molecule is CNC(=O)CCCCCCCCC(=O)N(CCCO[C@H]1O[C@H](CO)[C@@H](O)[C@H](O)[C@@H]1O)CCO[C@@H]1O[C@@H](C)[C@@H](O)[C@@H](O)[C@@H]1O. The molecule has 2 aliphatic heterocycles. The molecule has 0 bridgehead atoms. The summed E-state index contributed by atoms with van der Waals surface area (Å²) in [4.78, 5) is 25.9. The van der Waals surface area contributed by atoms with Crippen LogP contribution in [0, 0.1) is 0 Å². The van der Waals surface area contributed by atoms with Crippen LogP contribution in [0.25, 0.3) is 0 Å². The number of ether oxygens (including phenoxy) is 4. The van der Waals surface area contributed by atoms with Gasteiger partial charge in [-0.05, 0) is 26.2 Å². The lowest BCUT2D eigenvalue weighted by Gasteiger charge is -2.39. The minimum atomic E-state index is -1.55. The molecule has 2 fully saturated rings. The number of nitrogens with zero attached hydrogens (tertiary/aromatic N) is 1. The molecule has 2 rings (SSSR count). The lowest BCUT2D eigenvalue weighted by molar-refractivity contribution is -0.301. The summed E-state index contributed by atoms with van der Waals surface area (Å²) in [6.45, 7) is 1.40. The van der Waals surface area contributed by atoms with Gasteiger partial charge in [-0.2, -0.15) is 0 Å². The number of hydrogen-bond donors (Lipinski definition) is 8. The molecule has 0 aromatic carbocycles. The zero-order valence-corrected chi connectivity index (χ0v) is 25.2. The van der Waals surface area contributed by atoms with Crippen molar-refractivity contribution >= 4 is 11.8 Å². The van der Waals surface area contributed by atoms with Crippen molar-refractivity contribution in [1.82, 2.24) is 10.2 Å². The van der Waals surface area contributed by atoms with E-state index in [1.165, 1.54) is 0 Å². The molecule has 0 aliphatic carbocycles. The first-order valence-electron chi connectivity index (χ1n) is 15.2. The number of aliphatic hydroxyl groups excluding tert-OH is 7. The van der Waals surface area contributed by atoms with Crippen LogP contribution < -0.4 is 5.32 Å². The molecule has 15 heteroatoms. The Labute approximate surface area is 252 Å². The third-order valence-electron chi connectivity index (χ3n) is 7.83. The molecule has 0 saturated carbocycles. The Balaban J connectivity index is 1.82. The molecule has 2 heterocycles. The molecule has 10 atom stereocenters. The summed E-state index contributed by atoms with van der Waals surface area (Å²) in [6.07, 6.45) is -6.65. The largest absolute Gasteiger partial charge is 0.394 e. The molecule has 0 spiro atoms. The summed E-state index contributed by atoms with van der Waals surface area (Å²) in [6, 6.07) is 0. The Morgan fingerprint density at radius 1 is 0.698 bits per heavy atom. The Hall–Kier alpha value is -1.50. The van der Waals surface area contributed by atoms with Gasteiger partial charge in [-0.1, -0.05) is 25.7 Å². The smallest absolute Gasteiger partial charge is 0.222 e. The van der Waals surface area contributed by atoms with E-state index in [1.807, 2.05) is 0 Å². The first-order valence-corrected chi connectivity index (χ1v) is 15.2. The van der Waals surface area contributed by atoms with Crippen LogP contribution in [0.5, 0.6) is 0 Å². The summed E-state index contributed by atoms with van der Waals surface area (Å²) < 4.78 is 21.9. The van der Waals surface area contributed by atoms with Crippen molar-refractivity contribution in [3.05, 3.63) is 0 Å². The summed E-state index contributed by atoms with van der Waals surface area (Å²) in [5.74, 6) is -0.0916. The van der Waals surface area contributed by atoms with Gasteiger partial charge in [0.15, 0.2) is 12.6 Å². The van der Waals surface area contributed by atoms with E-state index in [-0.39, 0.29) is 38.1 Å². The maximum absolute atomic E-state index is 13.1. The fraction of sp³-hybridized carbons (Fsp3) is 0.929. The van der Waals surface area contributed by atoms with Crippen LogP contribution in [-0.4, -0.2) is 154 Å². The first-order chi connectivity index (χ1) is 20.5. The molecule has 15 nitrogen and oxygen atoms in total. The molecular formula is C28H52N2O13. The van der Waals surface area contributed by atoms with Crippen molar-refractivity contribution in [3.8, 4) is 0 Å². The third-order valence-corrected chi connectivity index (χ3v) is 7.83. The van der Waals surface area contributed by atoms with Crippen molar-refractivity contribution in [1.29, 1.82) is 0 Å². The molecule has 252 valence electrons. The number of carbonyl (C=O) groups is 2. The number of aliphatic hydroxyl groups is 7. The highest BCUT2D eigenvalue weighted by Gasteiger charge is 2.44. The van der Waals surface area contributed by atoms with Gasteiger partial charge in [0.25, 0.3) is 0 Å². The number of carbonyl (C=O) groups excluding carboxylic acids is 2. The van der Waals surface area contributed by atoms with Gasteiger partial charge >= 0.3 is 0 Å². The second-order valence-electron chi connectivity index (χ2n) is 11.1. The summed E-state index contributed by atoms with van der Waals surface area (Å²) in [7, 11) is 1.62. The first kappa shape index (κ1) is 37.7. The Bertz CT molecular complexity index is 807. The molecular weight excluding hydrogens is 572 g/mol. The van der Waals surface area contributed by atoms with E-state index < -0.39 is 68.0 Å². The van der Waals surface area contributed by atoms with Crippen molar-refractivity contribution in [2.75, 3.05) is 40.0 Å². The molecule has 0 unspecified atom stereocenters. The van der Waals surface area contributed by atoms with Crippen molar-refractivity contribution < 1.29 is 64.3 Å². The third kappa shape index (κ3) is 12.1. The Morgan fingerprint density at radius 3 is 1.88 bits per heavy atom. The minimum absolute atomic E-state index is 0.0120. The van der Waals surface area contributed by atoms with Gasteiger partial charge in [0.2, 0.25) is 11.8 Å². The molecule has 0 aromatic rings. The zero-order chi connectivity index (χ0) is 31.9. The lowest BCUT2D eigenvalue weighted by Crippen LogP contribution is -2.59. The molecule has 2 amide bonds. The zero-order valence-electron chi connectivity index (χ0n) is 25.2. The lowest BCUT2D eigenvalue weighted by atomic mass is 9.99. The predicted octanol–water partition coefficient (Wildman–Crippen LogP) is -2.27. The molecule has 2 saturated heterocycles. The van der Waals surface area contributed by atoms with Crippen LogP contribution in [0.1, 0.15) is 64.7 Å². The van der Waals surface area contributed by atoms with Crippen LogP contribution in [-0.2, 0) is 28.5 Å². The van der Waals surface area contributed by atoms with Crippen molar-refractivity contribution in [2.45, 2.75) is 126 Å². The molecule has 0 aromatic heterocycles. The number of unbranched alkanes of at least 4 members (excludes halogenated alkanes) is 5. The number of rotatable bonds is 19. The van der Waals surface area contributed by atoms with Crippen LogP contribution >= 0.6 is 0 Å². The Morgan fingerprint density at radius 2 is 1.26 bits per heavy atom. The van der Waals surface area contributed by atoms with Gasteiger partial charge in [-0.25, -0.2) is 0 Å². The van der Waals surface area contributed by atoms with Crippen molar-refractivity contribution in [3.63, 3.8) is 0 Å². The standard InChI is InChI=1S/C28H52N2O13/c1-17-21(34)23(36)25(38)27(42-17)41-15-13-30(20(33)11-8-6-4-3-5-7-10-19(32)29-2)12-9-14-40-28-26(39)24(37)22(35)18(16-31)43-28/h17-18,21-28,31,34-39H,3-16H2,1-2H3,(H,29,32)/t17-,18+,21+,22+,23+,24-,25-,26-,27+,28-/m0/s1. The van der Waals surface area contributed by atoms with Crippen LogP contribution in [0.3, 0.4) is 0 Å². The van der Waals surface area contributed by atoms with Crippen LogP contribution in [0.15, 0.2) is 0 Å². The van der Waals surface area contributed by atoms with Crippen molar-refractivity contribution in [2.24, 2.45) is 0 Å². The van der Waals surface area contributed by atoms with Gasteiger partial charge < -0.3 is 64.9 Å². The number of hydrogen-bond acceptors (Lipinski definition) is 13. The van der Waals surface area contributed by atoms with E-state index >= 15 is 0 Å². The fourth-order valence-electron chi connectivity index (χ4n) is 5.00. The molecule has 2 aliphatic rings. The second-order valence-corrected chi connectivity index (χ2v) is 11.1. The highest BCUT2D eigenvalue weighted by molar-refractivity contribution is 5.76. The van der Waals surface area contributed by atoms with E-state index in [1.54, 1.807) is 18.9 Å².